The van der Waals surface area contributed by atoms with Crippen molar-refractivity contribution in [2.24, 2.45) is 5.92 Å². The quantitative estimate of drug-likeness (QED) is 0.882. The smallest absolute Gasteiger partial charge is 0.317 e. The molecule has 0 saturated carbocycles. The predicted octanol–water partition coefficient (Wildman–Crippen LogP) is 1.92. The van der Waals surface area contributed by atoms with Crippen LogP contribution in [0.2, 0.25) is 0 Å². The van der Waals surface area contributed by atoms with Gasteiger partial charge >= 0.3 is 6.03 Å². The maximum Gasteiger partial charge on any atom is 0.317 e. The van der Waals surface area contributed by atoms with Gasteiger partial charge in [-0.25, -0.2) is 9.78 Å². The van der Waals surface area contributed by atoms with Gasteiger partial charge in [0.2, 0.25) is 5.91 Å². The number of rotatable bonds is 4. The summed E-state index contributed by atoms with van der Waals surface area (Å²) in [6.07, 6.45) is 3.28. The maximum absolute atomic E-state index is 12.5. The fourth-order valence-corrected chi connectivity index (χ4v) is 2.68. The molecule has 1 fully saturated rings. The van der Waals surface area contributed by atoms with Crippen LogP contribution in [0.1, 0.15) is 26.7 Å². The number of hydrogen-bond donors (Lipinski definition) is 2. The van der Waals surface area contributed by atoms with Crippen molar-refractivity contribution in [1.29, 1.82) is 0 Å². The van der Waals surface area contributed by atoms with Gasteiger partial charge in [-0.3, -0.25) is 4.79 Å². The van der Waals surface area contributed by atoms with Gasteiger partial charge in [-0.05, 0) is 38.8 Å². The molecule has 1 aromatic rings. The summed E-state index contributed by atoms with van der Waals surface area (Å²) in [7, 11) is 3.83. The van der Waals surface area contributed by atoms with E-state index in [0.717, 1.165) is 18.7 Å². The molecule has 0 bridgehead atoms. The van der Waals surface area contributed by atoms with Crippen molar-refractivity contribution in [3.63, 3.8) is 0 Å². The highest BCUT2D eigenvalue weighted by Crippen LogP contribution is 2.19. The molecule has 1 aliphatic heterocycles. The molecule has 0 radical (unpaired) electrons. The molecular weight excluding hydrogens is 306 g/mol. The highest BCUT2D eigenvalue weighted by Gasteiger charge is 2.28. The van der Waals surface area contributed by atoms with Crippen LogP contribution in [0.3, 0.4) is 0 Å². The van der Waals surface area contributed by atoms with Gasteiger partial charge in [0.15, 0.2) is 0 Å². The second-order valence-corrected chi connectivity index (χ2v) is 6.68. The first kappa shape index (κ1) is 18.0. The SMILES string of the molecule is CC(C)NC(=O)N1CCC[C@H](C(=O)Nc2ccc(N(C)C)nc2)C1. The first-order valence-corrected chi connectivity index (χ1v) is 8.36. The van der Waals surface area contributed by atoms with Crippen molar-refractivity contribution < 1.29 is 9.59 Å². The highest BCUT2D eigenvalue weighted by molar-refractivity contribution is 5.93. The lowest BCUT2D eigenvalue weighted by Crippen LogP contribution is -2.49. The van der Waals surface area contributed by atoms with E-state index in [-0.39, 0.29) is 23.9 Å². The predicted molar refractivity (Wildman–Crippen MR) is 95.2 cm³/mol. The van der Waals surface area contributed by atoms with Crippen LogP contribution in [0.4, 0.5) is 16.3 Å². The fourth-order valence-electron chi connectivity index (χ4n) is 2.68. The van der Waals surface area contributed by atoms with Crippen LogP contribution in [0.15, 0.2) is 18.3 Å². The first-order chi connectivity index (χ1) is 11.4. The van der Waals surface area contributed by atoms with Crippen molar-refractivity contribution in [3.8, 4) is 0 Å². The maximum atomic E-state index is 12.5. The topological polar surface area (TPSA) is 77.6 Å². The number of hydrogen-bond acceptors (Lipinski definition) is 4. The summed E-state index contributed by atoms with van der Waals surface area (Å²) in [6.45, 7) is 5.00. The van der Waals surface area contributed by atoms with E-state index in [2.05, 4.69) is 15.6 Å². The van der Waals surface area contributed by atoms with E-state index in [0.29, 0.717) is 18.8 Å². The lowest BCUT2D eigenvalue weighted by atomic mass is 9.97. The summed E-state index contributed by atoms with van der Waals surface area (Å²) in [5, 5.41) is 5.78. The molecule has 3 amide bonds. The number of likely N-dealkylation sites (tertiary alicyclic amines) is 1. The molecule has 7 heteroatoms. The molecule has 1 atom stereocenters. The third-order valence-electron chi connectivity index (χ3n) is 3.97. The number of nitrogens with one attached hydrogen (secondary N) is 2. The number of carbonyl (C=O) groups excluding carboxylic acids is 2. The van der Waals surface area contributed by atoms with Crippen LogP contribution in [-0.2, 0) is 4.79 Å². The number of pyridine rings is 1. The van der Waals surface area contributed by atoms with Crippen LogP contribution in [0.25, 0.3) is 0 Å². The zero-order valence-electron chi connectivity index (χ0n) is 14.9. The fraction of sp³-hybridized carbons (Fsp3) is 0.588. The van der Waals surface area contributed by atoms with Gasteiger partial charge in [0.25, 0.3) is 0 Å². The van der Waals surface area contributed by atoms with Crippen LogP contribution >= 0.6 is 0 Å². The minimum Gasteiger partial charge on any atom is -0.363 e. The van der Waals surface area contributed by atoms with E-state index in [9.17, 15) is 9.59 Å². The summed E-state index contributed by atoms with van der Waals surface area (Å²) < 4.78 is 0. The van der Waals surface area contributed by atoms with E-state index < -0.39 is 0 Å². The largest absolute Gasteiger partial charge is 0.363 e. The van der Waals surface area contributed by atoms with Crippen molar-refractivity contribution in [2.45, 2.75) is 32.7 Å². The molecule has 1 aromatic heterocycles. The second kappa shape index (κ2) is 7.99. The Labute approximate surface area is 143 Å². The minimum atomic E-state index is -0.190. The Morgan fingerprint density at radius 2 is 2.08 bits per heavy atom. The Kier molecular flexibility index (Phi) is 6.00. The summed E-state index contributed by atoms with van der Waals surface area (Å²) >= 11 is 0. The Morgan fingerprint density at radius 3 is 2.67 bits per heavy atom. The molecule has 2 heterocycles. The Balaban J connectivity index is 1.92. The third-order valence-corrected chi connectivity index (χ3v) is 3.97. The van der Waals surface area contributed by atoms with Gasteiger partial charge < -0.3 is 20.4 Å². The van der Waals surface area contributed by atoms with Crippen LogP contribution in [0, 0.1) is 5.92 Å². The minimum absolute atomic E-state index is 0.0588. The molecular formula is C17H27N5O2. The van der Waals surface area contributed by atoms with Crippen molar-refractivity contribution in [3.05, 3.63) is 18.3 Å². The molecule has 0 aromatic carbocycles. The Bertz CT molecular complexity index is 571. The monoisotopic (exact) mass is 333 g/mol. The van der Waals surface area contributed by atoms with Crippen molar-refractivity contribution >= 4 is 23.4 Å². The van der Waals surface area contributed by atoms with E-state index in [1.165, 1.54) is 0 Å². The summed E-state index contributed by atoms with van der Waals surface area (Å²) in [4.78, 5) is 32.5. The van der Waals surface area contributed by atoms with Gasteiger partial charge in [0, 0.05) is 33.2 Å². The Morgan fingerprint density at radius 1 is 1.33 bits per heavy atom. The standard InChI is InChI=1S/C17H27N5O2/c1-12(2)19-17(24)22-9-5-6-13(11-22)16(23)20-14-7-8-15(18-10-14)21(3)4/h7-8,10,12-13H,5-6,9,11H2,1-4H3,(H,19,24)(H,20,23)/t13-/m0/s1. The molecule has 24 heavy (non-hydrogen) atoms. The molecule has 2 N–H and O–H groups in total. The van der Waals surface area contributed by atoms with Gasteiger partial charge in [-0.15, -0.1) is 0 Å². The van der Waals surface area contributed by atoms with E-state index >= 15 is 0 Å². The molecule has 2 rings (SSSR count). The van der Waals surface area contributed by atoms with Gasteiger partial charge in [0.1, 0.15) is 5.82 Å². The summed E-state index contributed by atoms with van der Waals surface area (Å²) in [5.41, 5.74) is 0.675. The average Bonchev–Trinajstić information content (AvgIpc) is 2.54. The normalized spacial score (nSPS) is 17.5. The first-order valence-electron chi connectivity index (χ1n) is 8.36. The Hall–Kier alpha value is -2.31. The van der Waals surface area contributed by atoms with E-state index in [1.54, 1.807) is 11.1 Å². The van der Waals surface area contributed by atoms with Crippen LogP contribution in [0.5, 0.6) is 0 Å². The molecule has 0 unspecified atom stereocenters. The number of anilines is 2. The molecule has 0 aliphatic carbocycles. The lowest BCUT2D eigenvalue weighted by molar-refractivity contribution is -0.121. The summed E-state index contributed by atoms with van der Waals surface area (Å²) in [5.74, 6) is 0.587. The third kappa shape index (κ3) is 4.84. The van der Waals surface area contributed by atoms with Crippen LogP contribution < -0.4 is 15.5 Å². The second-order valence-electron chi connectivity index (χ2n) is 6.68. The number of piperidine rings is 1. The average molecular weight is 333 g/mol. The lowest BCUT2D eigenvalue weighted by Gasteiger charge is -2.32. The molecule has 7 nitrogen and oxygen atoms in total. The van der Waals surface area contributed by atoms with E-state index in [1.807, 2.05) is 45.0 Å². The number of aromatic nitrogens is 1. The molecule has 0 spiro atoms. The van der Waals surface area contributed by atoms with Gasteiger partial charge in [-0.2, -0.15) is 0 Å². The van der Waals surface area contributed by atoms with Gasteiger partial charge in [-0.1, -0.05) is 0 Å². The summed E-state index contributed by atoms with van der Waals surface area (Å²) in [6, 6.07) is 3.69. The number of urea groups is 1. The van der Waals surface area contributed by atoms with Crippen molar-refractivity contribution in [1.82, 2.24) is 15.2 Å². The van der Waals surface area contributed by atoms with Crippen LogP contribution in [-0.4, -0.2) is 55.0 Å². The van der Waals surface area contributed by atoms with Crippen molar-refractivity contribution in [2.75, 3.05) is 37.4 Å². The number of carbonyl (C=O) groups is 2. The van der Waals surface area contributed by atoms with Gasteiger partial charge in [0.05, 0.1) is 17.8 Å². The zero-order valence-corrected chi connectivity index (χ0v) is 14.9. The number of nitrogens with zero attached hydrogens (tertiary/aromatic N) is 3. The van der Waals surface area contributed by atoms with E-state index in [4.69, 9.17) is 0 Å². The molecule has 132 valence electrons. The highest BCUT2D eigenvalue weighted by atomic mass is 16.2. The zero-order chi connectivity index (χ0) is 17.7. The molecule has 1 saturated heterocycles. The molecule has 1 aliphatic rings. The number of amides is 3.